The minimum atomic E-state index is 0.140. The van der Waals surface area contributed by atoms with E-state index < -0.39 is 0 Å². The quantitative estimate of drug-likeness (QED) is 0.758. The predicted molar refractivity (Wildman–Crippen MR) is 74.3 cm³/mol. The highest BCUT2D eigenvalue weighted by Gasteiger charge is 2.53. The van der Waals surface area contributed by atoms with Crippen LogP contribution in [0.2, 0.25) is 5.15 Å². The maximum absolute atomic E-state index is 6.11. The molecule has 2 heterocycles. The average molecular weight is 290 g/mol. The molecule has 4 bridgehead atoms. The summed E-state index contributed by atoms with van der Waals surface area (Å²) in [6, 6.07) is 0. The van der Waals surface area contributed by atoms with Crippen LogP contribution < -0.4 is 0 Å². The van der Waals surface area contributed by atoms with Gasteiger partial charge in [-0.3, -0.25) is 0 Å². The molecule has 0 aromatic carbocycles. The summed E-state index contributed by atoms with van der Waals surface area (Å²) in [5, 5.41) is 9.07. The van der Waals surface area contributed by atoms with Gasteiger partial charge in [-0.1, -0.05) is 16.8 Å². The lowest BCUT2D eigenvalue weighted by Crippen LogP contribution is -2.52. The fraction of sp³-hybridized carbons (Fsp3) is 0.714. The maximum Gasteiger partial charge on any atom is 0.183 e. The van der Waals surface area contributed by atoms with Crippen LogP contribution in [0, 0.1) is 17.8 Å². The Morgan fingerprint density at radius 2 is 1.70 bits per heavy atom. The van der Waals surface area contributed by atoms with Gasteiger partial charge in [-0.2, -0.15) is 0 Å². The van der Waals surface area contributed by atoms with Gasteiger partial charge in [0.05, 0.1) is 5.54 Å². The largest absolute Gasteiger partial charge is 0.222 e. The van der Waals surface area contributed by atoms with Crippen LogP contribution in [-0.4, -0.2) is 25.0 Å². The summed E-state index contributed by atoms with van der Waals surface area (Å²) in [6.45, 7) is 0. The first-order valence-corrected chi connectivity index (χ1v) is 7.84. The zero-order chi connectivity index (χ0) is 13.3. The Labute approximate surface area is 121 Å². The fourth-order valence-electron chi connectivity index (χ4n) is 5.37. The highest BCUT2D eigenvalue weighted by molar-refractivity contribution is 6.33. The highest BCUT2D eigenvalue weighted by Crippen LogP contribution is 2.58. The van der Waals surface area contributed by atoms with Crippen LogP contribution in [0.5, 0.6) is 0 Å². The topological polar surface area (TPSA) is 56.5 Å². The molecule has 4 saturated carbocycles. The molecule has 0 amide bonds. The van der Waals surface area contributed by atoms with Crippen molar-refractivity contribution in [1.82, 2.24) is 25.0 Å². The molecule has 4 aliphatic carbocycles. The van der Waals surface area contributed by atoms with E-state index in [9.17, 15) is 0 Å². The lowest BCUT2D eigenvalue weighted by atomic mass is 9.53. The molecule has 0 N–H and O–H groups in total. The summed E-state index contributed by atoms with van der Waals surface area (Å²) in [4.78, 5) is 8.41. The molecule has 4 fully saturated rings. The second-order valence-electron chi connectivity index (χ2n) is 6.98. The van der Waals surface area contributed by atoms with Gasteiger partial charge in [0.1, 0.15) is 6.33 Å². The average Bonchev–Trinajstić information content (AvgIpc) is 2.83. The van der Waals surface area contributed by atoms with Crippen molar-refractivity contribution in [3.8, 4) is 0 Å². The van der Waals surface area contributed by atoms with Crippen molar-refractivity contribution in [2.75, 3.05) is 0 Å². The van der Waals surface area contributed by atoms with Crippen molar-refractivity contribution in [1.29, 1.82) is 0 Å². The van der Waals surface area contributed by atoms with E-state index in [1.807, 2.05) is 0 Å². The molecule has 2 aromatic rings. The Morgan fingerprint density at radius 1 is 1.05 bits per heavy atom. The van der Waals surface area contributed by atoms with Crippen molar-refractivity contribution in [3.05, 3.63) is 11.5 Å². The molecular formula is C14H16ClN5. The van der Waals surface area contributed by atoms with E-state index in [-0.39, 0.29) is 5.54 Å². The van der Waals surface area contributed by atoms with Gasteiger partial charge >= 0.3 is 0 Å². The van der Waals surface area contributed by atoms with E-state index in [0.717, 1.165) is 23.4 Å². The molecule has 0 spiro atoms. The summed E-state index contributed by atoms with van der Waals surface area (Å²) in [7, 11) is 0. The standard InChI is InChI=1S/C14H16ClN5/c15-12-11-13(17-7-16-12)20(19-18-11)14-4-8-1-9(5-14)3-10(2-8)6-14/h7-10H,1-6H2. The molecular weight excluding hydrogens is 274 g/mol. The molecule has 4 aliphatic rings. The minimum absolute atomic E-state index is 0.140. The van der Waals surface area contributed by atoms with Gasteiger partial charge in [0.25, 0.3) is 0 Å². The lowest BCUT2D eigenvalue weighted by molar-refractivity contribution is -0.0481. The molecule has 2 aromatic heterocycles. The van der Waals surface area contributed by atoms with E-state index in [1.165, 1.54) is 44.9 Å². The van der Waals surface area contributed by atoms with Gasteiger partial charge in [-0.15, -0.1) is 5.10 Å². The van der Waals surface area contributed by atoms with Gasteiger partial charge in [-0.25, -0.2) is 14.6 Å². The van der Waals surface area contributed by atoms with Crippen molar-refractivity contribution in [2.45, 2.75) is 44.1 Å². The van der Waals surface area contributed by atoms with Crippen molar-refractivity contribution in [2.24, 2.45) is 17.8 Å². The summed E-state index contributed by atoms with van der Waals surface area (Å²) < 4.78 is 2.08. The summed E-state index contributed by atoms with van der Waals surface area (Å²) >= 11 is 6.11. The number of fused-ring (bicyclic) bond motifs is 1. The van der Waals surface area contributed by atoms with Crippen LogP contribution >= 0.6 is 11.6 Å². The van der Waals surface area contributed by atoms with E-state index in [0.29, 0.717) is 10.7 Å². The third kappa shape index (κ3) is 1.39. The lowest BCUT2D eigenvalue weighted by Gasteiger charge is -2.56. The first-order chi connectivity index (χ1) is 9.73. The van der Waals surface area contributed by atoms with E-state index in [2.05, 4.69) is 25.0 Å². The summed E-state index contributed by atoms with van der Waals surface area (Å²) in [5.41, 5.74) is 1.60. The van der Waals surface area contributed by atoms with Crippen LogP contribution in [0.15, 0.2) is 6.33 Å². The molecule has 20 heavy (non-hydrogen) atoms. The Balaban J connectivity index is 1.70. The Kier molecular flexibility index (Phi) is 2.11. The molecule has 0 aliphatic heterocycles. The van der Waals surface area contributed by atoms with Gasteiger partial charge in [0.2, 0.25) is 0 Å². The highest BCUT2D eigenvalue weighted by atomic mass is 35.5. The van der Waals surface area contributed by atoms with Gasteiger partial charge in [-0.05, 0) is 56.3 Å². The van der Waals surface area contributed by atoms with Crippen LogP contribution in [0.25, 0.3) is 11.2 Å². The molecule has 6 rings (SSSR count). The monoisotopic (exact) mass is 289 g/mol. The Morgan fingerprint density at radius 3 is 2.35 bits per heavy atom. The van der Waals surface area contributed by atoms with Crippen molar-refractivity contribution < 1.29 is 0 Å². The van der Waals surface area contributed by atoms with Crippen LogP contribution in [0.4, 0.5) is 0 Å². The summed E-state index contributed by atoms with van der Waals surface area (Å²) in [6.07, 6.45) is 9.48. The van der Waals surface area contributed by atoms with Crippen LogP contribution in [-0.2, 0) is 5.54 Å². The number of hydrogen-bond acceptors (Lipinski definition) is 4. The first-order valence-electron chi connectivity index (χ1n) is 7.46. The van der Waals surface area contributed by atoms with Gasteiger partial charge < -0.3 is 0 Å². The maximum atomic E-state index is 6.11. The first kappa shape index (κ1) is 11.4. The third-order valence-electron chi connectivity index (χ3n) is 5.65. The number of hydrogen-bond donors (Lipinski definition) is 0. The van der Waals surface area contributed by atoms with Crippen LogP contribution in [0.1, 0.15) is 38.5 Å². The summed E-state index contributed by atoms with van der Waals surface area (Å²) in [5.74, 6) is 2.62. The minimum Gasteiger partial charge on any atom is -0.222 e. The smallest absolute Gasteiger partial charge is 0.183 e. The Bertz CT molecular complexity index is 659. The molecule has 0 radical (unpaired) electrons. The second-order valence-corrected chi connectivity index (χ2v) is 7.34. The van der Waals surface area contributed by atoms with Gasteiger partial charge in [0.15, 0.2) is 16.3 Å². The predicted octanol–water partition coefficient (Wildman–Crippen LogP) is 2.80. The number of halogens is 1. The van der Waals surface area contributed by atoms with Crippen molar-refractivity contribution in [3.63, 3.8) is 0 Å². The zero-order valence-electron chi connectivity index (χ0n) is 11.2. The third-order valence-corrected chi connectivity index (χ3v) is 5.92. The molecule has 6 heteroatoms. The Hall–Kier alpha value is -1.23. The fourth-order valence-corrected chi connectivity index (χ4v) is 5.53. The van der Waals surface area contributed by atoms with Crippen molar-refractivity contribution >= 4 is 22.8 Å². The van der Waals surface area contributed by atoms with E-state index in [1.54, 1.807) is 0 Å². The van der Waals surface area contributed by atoms with E-state index >= 15 is 0 Å². The normalized spacial score (nSPS) is 38.8. The SMILES string of the molecule is Clc1ncnc2c1nnn2C12CC3CC(CC(C3)C1)C2. The van der Waals surface area contributed by atoms with Gasteiger partial charge in [0, 0.05) is 0 Å². The van der Waals surface area contributed by atoms with E-state index in [4.69, 9.17) is 11.6 Å². The number of rotatable bonds is 1. The van der Waals surface area contributed by atoms with Crippen LogP contribution in [0.3, 0.4) is 0 Å². The molecule has 104 valence electrons. The molecule has 0 unspecified atom stereocenters. The number of aromatic nitrogens is 5. The molecule has 0 saturated heterocycles. The zero-order valence-corrected chi connectivity index (χ0v) is 11.9. The number of nitrogens with zero attached hydrogens (tertiary/aromatic N) is 5. The molecule has 5 nitrogen and oxygen atoms in total. The second kappa shape index (κ2) is 3.70. The molecule has 0 atom stereocenters.